The zero-order valence-electron chi connectivity index (χ0n) is 5.97. The first-order valence-corrected chi connectivity index (χ1v) is 3.55. The van der Waals surface area contributed by atoms with E-state index < -0.39 is 5.82 Å². The van der Waals surface area contributed by atoms with Crippen LogP contribution in [0.1, 0.15) is 5.56 Å². The molecule has 0 radical (unpaired) electrons. The van der Waals surface area contributed by atoms with Gasteiger partial charge in [-0.1, -0.05) is 0 Å². The third kappa shape index (κ3) is 1.60. The molecular formula is C7H7ClFNO. The highest BCUT2D eigenvalue weighted by Gasteiger charge is 2.06. The van der Waals surface area contributed by atoms with Crippen LogP contribution in [0.4, 0.5) is 4.39 Å². The lowest BCUT2D eigenvalue weighted by Gasteiger charge is -2.02. The number of ether oxygens (including phenoxy) is 1. The molecule has 2 nitrogen and oxygen atoms in total. The van der Waals surface area contributed by atoms with Gasteiger partial charge in [0.05, 0.1) is 19.2 Å². The summed E-state index contributed by atoms with van der Waals surface area (Å²) in [7, 11) is 1.39. The monoisotopic (exact) mass is 175 g/mol. The molecule has 0 aromatic carbocycles. The number of pyridine rings is 1. The first-order valence-electron chi connectivity index (χ1n) is 3.02. The lowest BCUT2D eigenvalue weighted by Crippen LogP contribution is -1.93. The Morgan fingerprint density at radius 3 is 2.91 bits per heavy atom. The summed E-state index contributed by atoms with van der Waals surface area (Å²) in [5.74, 6) is -0.198. The van der Waals surface area contributed by atoms with Crippen molar-refractivity contribution >= 4 is 11.6 Å². The van der Waals surface area contributed by atoms with Crippen molar-refractivity contribution in [1.29, 1.82) is 0 Å². The van der Waals surface area contributed by atoms with Gasteiger partial charge in [0.2, 0.25) is 0 Å². The fraction of sp³-hybridized carbons (Fsp3) is 0.286. The molecular weight excluding hydrogens is 169 g/mol. The van der Waals surface area contributed by atoms with E-state index in [0.29, 0.717) is 5.56 Å². The largest absolute Gasteiger partial charge is 0.492 e. The van der Waals surface area contributed by atoms with Gasteiger partial charge in [-0.05, 0) is 0 Å². The van der Waals surface area contributed by atoms with Crippen LogP contribution in [0.2, 0.25) is 0 Å². The van der Waals surface area contributed by atoms with E-state index in [2.05, 4.69) is 4.98 Å². The maximum Gasteiger partial charge on any atom is 0.173 e. The van der Waals surface area contributed by atoms with E-state index in [1.165, 1.54) is 19.5 Å². The molecule has 1 aromatic rings. The summed E-state index contributed by atoms with van der Waals surface area (Å²) in [5.41, 5.74) is 0.353. The highest BCUT2D eigenvalue weighted by molar-refractivity contribution is 6.17. The van der Waals surface area contributed by atoms with Gasteiger partial charge in [-0.25, -0.2) is 4.39 Å². The Kier molecular flexibility index (Phi) is 2.65. The molecule has 0 saturated carbocycles. The van der Waals surface area contributed by atoms with Crippen molar-refractivity contribution in [3.8, 4) is 5.75 Å². The van der Waals surface area contributed by atoms with E-state index in [-0.39, 0.29) is 11.6 Å². The third-order valence-corrected chi connectivity index (χ3v) is 1.57. The SMILES string of the molecule is COc1cncc(CCl)c1F. The Bertz CT molecular complexity index is 232. The molecule has 0 bridgehead atoms. The summed E-state index contributed by atoms with van der Waals surface area (Å²) in [6.45, 7) is 0. The summed E-state index contributed by atoms with van der Waals surface area (Å²) in [5, 5.41) is 0. The number of nitrogens with zero attached hydrogens (tertiary/aromatic N) is 1. The number of halogens is 2. The van der Waals surface area contributed by atoms with E-state index >= 15 is 0 Å². The van der Waals surface area contributed by atoms with Crippen molar-refractivity contribution in [2.24, 2.45) is 0 Å². The van der Waals surface area contributed by atoms with Crippen LogP contribution < -0.4 is 4.74 Å². The van der Waals surface area contributed by atoms with Gasteiger partial charge in [0.1, 0.15) is 0 Å². The predicted molar refractivity (Wildman–Crippen MR) is 40.3 cm³/mol. The fourth-order valence-corrected chi connectivity index (χ4v) is 0.888. The van der Waals surface area contributed by atoms with Gasteiger partial charge >= 0.3 is 0 Å². The summed E-state index contributed by atoms with van der Waals surface area (Å²) in [6, 6.07) is 0. The minimum atomic E-state index is -0.433. The first kappa shape index (κ1) is 8.27. The molecule has 0 aliphatic carbocycles. The lowest BCUT2D eigenvalue weighted by molar-refractivity contribution is 0.382. The number of aromatic nitrogens is 1. The highest BCUT2D eigenvalue weighted by Crippen LogP contribution is 2.19. The Labute approximate surface area is 69.0 Å². The first-order chi connectivity index (χ1) is 5.29. The van der Waals surface area contributed by atoms with Crippen LogP contribution in [-0.2, 0) is 5.88 Å². The normalized spacial score (nSPS) is 9.73. The summed E-state index contributed by atoms with van der Waals surface area (Å²) in [6.07, 6.45) is 2.69. The van der Waals surface area contributed by atoms with Gasteiger partial charge < -0.3 is 4.74 Å². The molecule has 1 aromatic heterocycles. The summed E-state index contributed by atoms with van der Waals surface area (Å²) < 4.78 is 17.7. The molecule has 0 amide bonds. The highest BCUT2D eigenvalue weighted by atomic mass is 35.5. The van der Waals surface area contributed by atoms with Crippen LogP contribution in [0.15, 0.2) is 12.4 Å². The molecule has 11 heavy (non-hydrogen) atoms. The average molecular weight is 176 g/mol. The molecule has 0 aliphatic rings. The molecule has 1 rings (SSSR count). The van der Waals surface area contributed by atoms with Gasteiger partial charge in [0.25, 0.3) is 0 Å². The zero-order valence-corrected chi connectivity index (χ0v) is 6.73. The average Bonchev–Trinajstić information content (AvgIpc) is 2.05. The minimum absolute atomic E-state index is 0.107. The van der Waals surface area contributed by atoms with Crippen LogP contribution in [0.3, 0.4) is 0 Å². The van der Waals surface area contributed by atoms with Crippen LogP contribution in [0.5, 0.6) is 5.75 Å². The van der Waals surface area contributed by atoms with Crippen molar-refractivity contribution in [3.05, 3.63) is 23.8 Å². The predicted octanol–water partition coefficient (Wildman–Crippen LogP) is 1.97. The number of methoxy groups -OCH3 is 1. The van der Waals surface area contributed by atoms with Crippen molar-refractivity contribution in [1.82, 2.24) is 4.98 Å². The maximum absolute atomic E-state index is 13.0. The Morgan fingerprint density at radius 2 is 2.36 bits per heavy atom. The van der Waals surface area contributed by atoms with Crippen LogP contribution >= 0.6 is 11.6 Å². The molecule has 1 heterocycles. The topological polar surface area (TPSA) is 22.1 Å². The zero-order chi connectivity index (χ0) is 8.27. The van der Waals surface area contributed by atoms with Gasteiger partial charge in [-0.3, -0.25) is 4.98 Å². The second kappa shape index (κ2) is 3.53. The summed E-state index contributed by atoms with van der Waals surface area (Å²) in [4.78, 5) is 3.74. The molecule has 0 fully saturated rings. The smallest absolute Gasteiger partial charge is 0.173 e. The molecule has 0 spiro atoms. The van der Waals surface area contributed by atoms with Gasteiger partial charge in [0.15, 0.2) is 11.6 Å². The number of hydrogen-bond acceptors (Lipinski definition) is 2. The van der Waals surface area contributed by atoms with Gasteiger partial charge in [-0.15, -0.1) is 11.6 Å². The number of rotatable bonds is 2. The molecule has 0 N–H and O–H groups in total. The van der Waals surface area contributed by atoms with Gasteiger partial charge in [0, 0.05) is 11.8 Å². The van der Waals surface area contributed by atoms with Crippen molar-refractivity contribution in [2.45, 2.75) is 5.88 Å². The van der Waals surface area contributed by atoms with Crippen molar-refractivity contribution in [3.63, 3.8) is 0 Å². The van der Waals surface area contributed by atoms with Crippen molar-refractivity contribution in [2.75, 3.05) is 7.11 Å². The van der Waals surface area contributed by atoms with E-state index in [1.807, 2.05) is 0 Å². The van der Waals surface area contributed by atoms with Gasteiger partial charge in [-0.2, -0.15) is 0 Å². The van der Waals surface area contributed by atoms with Crippen molar-refractivity contribution < 1.29 is 9.13 Å². The van der Waals surface area contributed by atoms with E-state index in [4.69, 9.17) is 16.3 Å². The molecule has 0 aliphatic heterocycles. The second-order valence-corrected chi connectivity index (χ2v) is 2.22. The fourth-order valence-electron chi connectivity index (χ4n) is 0.702. The number of alkyl halides is 1. The quantitative estimate of drug-likeness (QED) is 0.642. The minimum Gasteiger partial charge on any atom is -0.492 e. The Morgan fingerprint density at radius 1 is 1.64 bits per heavy atom. The second-order valence-electron chi connectivity index (χ2n) is 1.95. The van der Waals surface area contributed by atoms with Crippen LogP contribution in [0, 0.1) is 5.82 Å². The lowest BCUT2D eigenvalue weighted by atomic mass is 10.3. The molecule has 0 saturated heterocycles. The Balaban J connectivity index is 3.10. The standard InChI is InChI=1S/C7H7ClFNO/c1-11-6-4-10-3-5(2-8)7(6)9/h3-4H,2H2,1H3. The Hall–Kier alpha value is -0.830. The molecule has 0 unspecified atom stereocenters. The van der Waals surface area contributed by atoms with E-state index in [1.54, 1.807) is 0 Å². The molecule has 0 atom stereocenters. The summed E-state index contributed by atoms with van der Waals surface area (Å²) >= 11 is 5.43. The van der Waals surface area contributed by atoms with E-state index in [9.17, 15) is 4.39 Å². The van der Waals surface area contributed by atoms with Crippen LogP contribution in [-0.4, -0.2) is 12.1 Å². The molecule has 4 heteroatoms. The number of hydrogen-bond donors (Lipinski definition) is 0. The third-order valence-electron chi connectivity index (χ3n) is 1.28. The maximum atomic E-state index is 13.0. The molecule has 60 valence electrons. The van der Waals surface area contributed by atoms with E-state index in [0.717, 1.165) is 0 Å². The van der Waals surface area contributed by atoms with Crippen LogP contribution in [0.25, 0.3) is 0 Å².